The maximum Gasteiger partial charge on any atom is 0.337 e. The van der Waals surface area contributed by atoms with Gasteiger partial charge in [-0.15, -0.1) is 0 Å². The minimum absolute atomic E-state index is 0.321. The van der Waals surface area contributed by atoms with Crippen molar-refractivity contribution in [3.05, 3.63) is 107 Å². The van der Waals surface area contributed by atoms with Crippen LogP contribution in [-0.4, -0.2) is 13.1 Å². The lowest BCUT2D eigenvalue weighted by molar-refractivity contribution is 0.0600. The van der Waals surface area contributed by atoms with Crippen molar-refractivity contribution < 1.29 is 14.1 Å². The summed E-state index contributed by atoms with van der Waals surface area (Å²) in [6.07, 6.45) is 1.84. The van der Waals surface area contributed by atoms with E-state index in [4.69, 9.17) is 9.26 Å². The van der Waals surface area contributed by atoms with E-state index in [1.807, 2.05) is 24.3 Å². The highest BCUT2D eigenvalue weighted by atomic mass is 31.1. The van der Waals surface area contributed by atoms with Crippen LogP contribution in [0.15, 0.2) is 84.9 Å². The van der Waals surface area contributed by atoms with Crippen molar-refractivity contribution in [2.24, 2.45) is 0 Å². The van der Waals surface area contributed by atoms with E-state index in [2.05, 4.69) is 48.5 Å². The van der Waals surface area contributed by atoms with Crippen LogP contribution in [0.3, 0.4) is 0 Å². The minimum atomic E-state index is -0.652. The molecule has 27 heavy (non-hydrogen) atoms. The summed E-state index contributed by atoms with van der Waals surface area (Å²) < 4.78 is 11.1. The van der Waals surface area contributed by atoms with Gasteiger partial charge in [-0.1, -0.05) is 72.8 Å². The molecule has 0 saturated heterocycles. The normalized spacial score (nSPS) is 10.7. The first-order valence-electron chi connectivity index (χ1n) is 8.87. The zero-order valence-corrected chi connectivity index (χ0v) is 16.3. The minimum Gasteiger partial charge on any atom is -0.465 e. The molecule has 4 heteroatoms. The van der Waals surface area contributed by atoms with E-state index >= 15 is 0 Å². The van der Waals surface area contributed by atoms with Gasteiger partial charge in [0.1, 0.15) is 0 Å². The van der Waals surface area contributed by atoms with Crippen LogP contribution in [0.25, 0.3) is 0 Å². The monoisotopic (exact) mass is 378 g/mol. The van der Waals surface area contributed by atoms with Crippen LogP contribution in [0.4, 0.5) is 0 Å². The van der Waals surface area contributed by atoms with Crippen LogP contribution >= 0.6 is 8.15 Å². The first-order valence-corrected chi connectivity index (χ1v) is 10.5. The zero-order valence-electron chi connectivity index (χ0n) is 15.4. The van der Waals surface area contributed by atoms with Gasteiger partial charge in [0.05, 0.1) is 19.3 Å². The standard InChI is InChI=1S/C23H23O3P/c1-25-23(24)22-14-12-19(13-15-22)16-26-27(17-20-8-4-2-5-9-20)18-21-10-6-3-7-11-21/h2-15H,16-18H2,1H3. The fourth-order valence-corrected chi connectivity index (χ4v) is 4.60. The molecule has 0 bridgehead atoms. The fourth-order valence-electron chi connectivity index (χ4n) is 2.74. The Balaban J connectivity index is 1.66. The summed E-state index contributed by atoms with van der Waals surface area (Å²) in [4.78, 5) is 11.5. The summed E-state index contributed by atoms with van der Waals surface area (Å²) in [6.45, 7) is 0.535. The second kappa shape index (κ2) is 10.0. The molecule has 0 aliphatic carbocycles. The summed E-state index contributed by atoms with van der Waals surface area (Å²) in [7, 11) is 0.737. The summed E-state index contributed by atoms with van der Waals surface area (Å²) >= 11 is 0. The quantitative estimate of drug-likeness (QED) is 0.368. The SMILES string of the molecule is COC(=O)c1ccc(COP(Cc2ccccc2)Cc2ccccc2)cc1. The van der Waals surface area contributed by atoms with Crippen molar-refractivity contribution in [3.63, 3.8) is 0 Å². The van der Waals surface area contributed by atoms with E-state index in [1.54, 1.807) is 12.1 Å². The number of benzene rings is 3. The van der Waals surface area contributed by atoms with Crippen LogP contribution in [0.2, 0.25) is 0 Å². The van der Waals surface area contributed by atoms with Crippen LogP contribution < -0.4 is 0 Å². The molecule has 3 aromatic rings. The third-order valence-corrected chi connectivity index (χ3v) is 6.12. The summed E-state index contributed by atoms with van der Waals surface area (Å²) in [5, 5.41) is 0. The lowest BCUT2D eigenvalue weighted by Gasteiger charge is -2.18. The second-order valence-electron chi connectivity index (χ2n) is 6.23. The molecule has 0 fully saturated rings. The van der Waals surface area contributed by atoms with E-state index < -0.39 is 8.15 Å². The predicted octanol–water partition coefficient (Wildman–Crippen LogP) is 5.79. The molecule has 138 valence electrons. The number of hydrogen-bond donors (Lipinski definition) is 0. The Labute approximate surface area is 161 Å². The van der Waals surface area contributed by atoms with E-state index in [9.17, 15) is 4.79 Å². The van der Waals surface area contributed by atoms with Crippen molar-refractivity contribution >= 4 is 14.1 Å². The van der Waals surface area contributed by atoms with Crippen molar-refractivity contribution in [1.29, 1.82) is 0 Å². The molecule has 0 spiro atoms. The molecule has 0 N–H and O–H groups in total. The molecule has 0 atom stereocenters. The van der Waals surface area contributed by atoms with Gasteiger partial charge < -0.3 is 9.26 Å². The number of carbonyl (C=O) groups excluding carboxylic acids is 1. The smallest absolute Gasteiger partial charge is 0.337 e. The zero-order chi connectivity index (χ0) is 18.9. The van der Waals surface area contributed by atoms with Crippen molar-refractivity contribution in [3.8, 4) is 0 Å². The van der Waals surface area contributed by atoms with Crippen LogP contribution in [0.5, 0.6) is 0 Å². The van der Waals surface area contributed by atoms with Gasteiger partial charge in [-0.3, -0.25) is 0 Å². The average molecular weight is 378 g/mol. The molecule has 0 radical (unpaired) electrons. The van der Waals surface area contributed by atoms with Gasteiger partial charge in [-0.25, -0.2) is 4.79 Å². The molecule has 3 aromatic carbocycles. The summed E-state index contributed by atoms with van der Waals surface area (Å²) in [5.74, 6) is -0.321. The van der Waals surface area contributed by atoms with E-state index in [0.717, 1.165) is 17.9 Å². The highest BCUT2D eigenvalue weighted by Crippen LogP contribution is 2.45. The molecule has 3 rings (SSSR count). The van der Waals surface area contributed by atoms with Crippen LogP contribution in [0.1, 0.15) is 27.0 Å². The first-order chi connectivity index (χ1) is 13.2. The van der Waals surface area contributed by atoms with Gasteiger partial charge >= 0.3 is 5.97 Å². The van der Waals surface area contributed by atoms with E-state index in [-0.39, 0.29) is 5.97 Å². The van der Waals surface area contributed by atoms with Gasteiger partial charge in [0, 0.05) is 20.5 Å². The molecule has 0 amide bonds. The number of carbonyl (C=O) groups is 1. The lowest BCUT2D eigenvalue weighted by Crippen LogP contribution is -2.01. The predicted molar refractivity (Wildman–Crippen MR) is 110 cm³/mol. The van der Waals surface area contributed by atoms with Crippen molar-refractivity contribution in [1.82, 2.24) is 0 Å². The number of esters is 1. The Morgan fingerprint density at radius 2 is 1.26 bits per heavy atom. The van der Waals surface area contributed by atoms with Gasteiger partial charge in [0.25, 0.3) is 0 Å². The molecule has 0 unspecified atom stereocenters. The topological polar surface area (TPSA) is 35.5 Å². The Morgan fingerprint density at radius 1 is 0.741 bits per heavy atom. The van der Waals surface area contributed by atoms with Crippen molar-refractivity contribution in [2.45, 2.75) is 18.9 Å². The fraction of sp³-hybridized carbons (Fsp3) is 0.174. The molecule has 3 nitrogen and oxygen atoms in total. The maximum atomic E-state index is 11.5. The number of rotatable bonds is 8. The van der Waals surface area contributed by atoms with Gasteiger partial charge in [0.2, 0.25) is 0 Å². The van der Waals surface area contributed by atoms with Gasteiger partial charge in [-0.05, 0) is 28.8 Å². The Bertz CT molecular complexity index is 791. The molecule has 0 aliphatic heterocycles. The average Bonchev–Trinajstić information content (AvgIpc) is 2.73. The van der Waals surface area contributed by atoms with Gasteiger partial charge in [0.15, 0.2) is 0 Å². The Morgan fingerprint density at radius 3 is 1.74 bits per heavy atom. The highest BCUT2D eigenvalue weighted by Gasteiger charge is 2.12. The summed E-state index contributed by atoms with van der Waals surface area (Å²) in [6, 6.07) is 28.3. The molecular formula is C23H23O3P. The number of methoxy groups -OCH3 is 1. The first kappa shape index (κ1) is 19.3. The maximum absolute atomic E-state index is 11.5. The molecule has 0 aliphatic rings. The Kier molecular flexibility index (Phi) is 7.15. The largest absolute Gasteiger partial charge is 0.465 e. The molecule has 0 saturated carbocycles. The van der Waals surface area contributed by atoms with E-state index in [0.29, 0.717) is 12.2 Å². The van der Waals surface area contributed by atoms with Crippen LogP contribution in [-0.2, 0) is 28.2 Å². The summed E-state index contributed by atoms with van der Waals surface area (Å²) in [5.41, 5.74) is 4.19. The third-order valence-electron chi connectivity index (χ3n) is 4.19. The highest BCUT2D eigenvalue weighted by molar-refractivity contribution is 7.50. The van der Waals surface area contributed by atoms with Crippen molar-refractivity contribution in [2.75, 3.05) is 7.11 Å². The molecule has 0 heterocycles. The second-order valence-corrected chi connectivity index (χ2v) is 8.09. The Hall–Kier alpha value is -2.48. The van der Waals surface area contributed by atoms with Gasteiger partial charge in [-0.2, -0.15) is 0 Å². The molecule has 0 aromatic heterocycles. The van der Waals surface area contributed by atoms with Crippen LogP contribution in [0, 0.1) is 0 Å². The number of hydrogen-bond acceptors (Lipinski definition) is 3. The number of ether oxygens (including phenoxy) is 1. The third kappa shape index (κ3) is 6.02. The lowest BCUT2D eigenvalue weighted by atomic mass is 10.1. The molecular weight excluding hydrogens is 355 g/mol. The van der Waals surface area contributed by atoms with E-state index in [1.165, 1.54) is 18.2 Å².